The lowest BCUT2D eigenvalue weighted by Crippen LogP contribution is -2.51. The maximum absolute atomic E-state index is 12.8. The lowest BCUT2D eigenvalue weighted by molar-refractivity contribution is 0.0411. The van der Waals surface area contributed by atoms with Gasteiger partial charge in [-0.2, -0.15) is 0 Å². The Hall–Kier alpha value is -2.33. The number of benzene rings is 2. The fourth-order valence-corrected chi connectivity index (χ4v) is 3.78. The van der Waals surface area contributed by atoms with Crippen molar-refractivity contribution >= 4 is 11.6 Å². The third-order valence-corrected chi connectivity index (χ3v) is 5.47. The molecule has 0 atom stereocenters. The van der Waals surface area contributed by atoms with E-state index >= 15 is 0 Å². The number of rotatable bonds is 4. The summed E-state index contributed by atoms with van der Waals surface area (Å²) in [5.74, 6) is 0.128. The van der Waals surface area contributed by atoms with Crippen molar-refractivity contribution in [2.75, 3.05) is 39.5 Å². The first-order valence-electron chi connectivity index (χ1n) is 8.87. The number of anilines is 1. The summed E-state index contributed by atoms with van der Waals surface area (Å²) in [4.78, 5) is 17.1. The zero-order valence-electron chi connectivity index (χ0n) is 15.3. The number of likely N-dealkylation sites (tertiary alicyclic amines) is 1. The Bertz CT molecular complexity index is 702. The molecule has 1 aliphatic heterocycles. The highest BCUT2D eigenvalue weighted by molar-refractivity contribution is 5.94. The Labute approximate surface area is 150 Å². The van der Waals surface area contributed by atoms with Crippen LogP contribution in [0, 0.1) is 0 Å². The smallest absolute Gasteiger partial charge is 0.253 e. The standard InChI is InChI=1S/C21H27N3O/c1-22-19-11-9-17(10-12-19)20(25)24-15-13-21(14-16-24,23(2)3)18-7-5-4-6-8-18/h4-12,22H,13-16H2,1-3H3. The fourth-order valence-electron chi connectivity index (χ4n) is 3.78. The van der Waals surface area contributed by atoms with Crippen LogP contribution in [-0.4, -0.2) is 49.9 Å². The molecule has 1 amide bonds. The molecule has 0 aromatic heterocycles. The van der Waals surface area contributed by atoms with Crippen molar-refractivity contribution in [2.24, 2.45) is 0 Å². The Morgan fingerprint density at radius 1 is 1.00 bits per heavy atom. The molecule has 3 rings (SSSR count). The minimum absolute atomic E-state index is 0.00796. The molecule has 1 aliphatic rings. The van der Waals surface area contributed by atoms with Gasteiger partial charge in [-0.25, -0.2) is 0 Å². The number of nitrogens with one attached hydrogen (secondary N) is 1. The molecule has 2 aromatic rings. The van der Waals surface area contributed by atoms with Crippen LogP contribution in [0.25, 0.3) is 0 Å². The first-order chi connectivity index (χ1) is 12.1. The molecule has 4 nitrogen and oxygen atoms in total. The minimum atomic E-state index is 0.00796. The average molecular weight is 337 g/mol. The van der Waals surface area contributed by atoms with Crippen LogP contribution in [0.2, 0.25) is 0 Å². The molecule has 1 N–H and O–H groups in total. The van der Waals surface area contributed by atoms with Crippen LogP contribution >= 0.6 is 0 Å². The van der Waals surface area contributed by atoms with E-state index in [4.69, 9.17) is 0 Å². The highest BCUT2D eigenvalue weighted by atomic mass is 16.2. The van der Waals surface area contributed by atoms with E-state index in [1.54, 1.807) is 0 Å². The third kappa shape index (κ3) is 3.40. The van der Waals surface area contributed by atoms with Crippen LogP contribution in [0.4, 0.5) is 5.69 Å². The van der Waals surface area contributed by atoms with Crippen molar-refractivity contribution < 1.29 is 4.79 Å². The van der Waals surface area contributed by atoms with E-state index in [1.165, 1.54) is 5.56 Å². The van der Waals surface area contributed by atoms with Gasteiger partial charge in [0.05, 0.1) is 0 Å². The number of carbonyl (C=O) groups excluding carboxylic acids is 1. The molecule has 132 valence electrons. The van der Waals surface area contributed by atoms with Gasteiger partial charge in [0.2, 0.25) is 0 Å². The second-order valence-electron chi connectivity index (χ2n) is 6.91. The molecule has 1 heterocycles. The molecular formula is C21H27N3O. The number of amides is 1. The van der Waals surface area contributed by atoms with Gasteiger partial charge in [0.1, 0.15) is 0 Å². The van der Waals surface area contributed by atoms with Crippen LogP contribution in [0.5, 0.6) is 0 Å². The summed E-state index contributed by atoms with van der Waals surface area (Å²) in [5.41, 5.74) is 3.13. The summed E-state index contributed by atoms with van der Waals surface area (Å²) in [6.45, 7) is 1.55. The normalized spacial score (nSPS) is 16.7. The monoisotopic (exact) mass is 337 g/mol. The van der Waals surface area contributed by atoms with Crippen LogP contribution in [0.15, 0.2) is 54.6 Å². The number of carbonyl (C=O) groups is 1. The van der Waals surface area contributed by atoms with Gasteiger partial charge in [-0.15, -0.1) is 0 Å². The van der Waals surface area contributed by atoms with E-state index in [1.807, 2.05) is 36.2 Å². The predicted octanol–water partition coefficient (Wildman–Crippen LogP) is 3.42. The molecule has 1 saturated heterocycles. The van der Waals surface area contributed by atoms with Crippen molar-refractivity contribution in [1.82, 2.24) is 9.80 Å². The number of nitrogens with zero attached hydrogens (tertiary/aromatic N) is 2. The number of piperidine rings is 1. The van der Waals surface area contributed by atoms with Crippen molar-refractivity contribution in [2.45, 2.75) is 18.4 Å². The van der Waals surface area contributed by atoms with E-state index in [-0.39, 0.29) is 11.4 Å². The summed E-state index contributed by atoms with van der Waals surface area (Å²) in [7, 11) is 6.16. The summed E-state index contributed by atoms with van der Waals surface area (Å²) >= 11 is 0. The van der Waals surface area contributed by atoms with E-state index in [9.17, 15) is 4.79 Å². The van der Waals surface area contributed by atoms with Gasteiger partial charge in [0, 0.05) is 36.9 Å². The lowest BCUT2D eigenvalue weighted by atomic mass is 9.79. The van der Waals surface area contributed by atoms with Gasteiger partial charge in [0.25, 0.3) is 5.91 Å². The maximum Gasteiger partial charge on any atom is 0.253 e. The predicted molar refractivity (Wildman–Crippen MR) is 103 cm³/mol. The molecule has 0 radical (unpaired) electrons. The maximum atomic E-state index is 12.8. The van der Waals surface area contributed by atoms with Gasteiger partial charge in [-0.05, 0) is 56.8 Å². The number of hydrogen-bond acceptors (Lipinski definition) is 3. The third-order valence-electron chi connectivity index (χ3n) is 5.47. The molecule has 25 heavy (non-hydrogen) atoms. The number of hydrogen-bond donors (Lipinski definition) is 1. The van der Waals surface area contributed by atoms with Crippen LogP contribution in [0.1, 0.15) is 28.8 Å². The molecule has 2 aromatic carbocycles. The lowest BCUT2D eigenvalue weighted by Gasteiger charge is -2.46. The highest BCUT2D eigenvalue weighted by Gasteiger charge is 2.39. The van der Waals surface area contributed by atoms with Gasteiger partial charge < -0.3 is 10.2 Å². The Kier molecular flexibility index (Phi) is 5.09. The van der Waals surface area contributed by atoms with Gasteiger partial charge >= 0.3 is 0 Å². The van der Waals surface area contributed by atoms with Crippen molar-refractivity contribution in [1.29, 1.82) is 0 Å². The molecule has 1 fully saturated rings. The van der Waals surface area contributed by atoms with Crippen molar-refractivity contribution in [3.63, 3.8) is 0 Å². The largest absolute Gasteiger partial charge is 0.388 e. The quantitative estimate of drug-likeness (QED) is 0.928. The molecule has 4 heteroatoms. The summed E-state index contributed by atoms with van der Waals surface area (Å²) < 4.78 is 0. The molecule has 0 bridgehead atoms. The zero-order chi connectivity index (χ0) is 17.9. The van der Waals surface area contributed by atoms with E-state index < -0.39 is 0 Å². The van der Waals surface area contributed by atoms with E-state index in [2.05, 4.69) is 54.6 Å². The summed E-state index contributed by atoms with van der Waals surface area (Å²) in [6, 6.07) is 18.4. The van der Waals surface area contributed by atoms with Gasteiger partial charge in [-0.1, -0.05) is 30.3 Å². The van der Waals surface area contributed by atoms with Crippen LogP contribution in [0.3, 0.4) is 0 Å². The second-order valence-corrected chi connectivity index (χ2v) is 6.91. The highest BCUT2D eigenvalue weighted by Crippen LogP contribution is 2.37. The molecule has 0 unspecified atom stereocenters. The van der Waals surface area contributed by atoms with Gasteiger partial charge in [-0.3, -0.25) is 9.69 Å². The van der Waals surface area contributed by atoms with Gasteiger partial charge in [0.15, 0.2) is 0 Å². The Morgan fingerprint density at radius 3 is 2.12 bits per heavy atom. The molecule has 0 saturated carbocycles. The minimum Gasteiger partial charge on any atom is -0.388 e. The average Bonchev–Trinajstić information content (AvgIpc) is 2.68. The van der Waals surface area contributed by atoms with Crippen LogP contribution in [-0.2, 0) is 5.54 Å². The zero-order valence-corrected chi connectivity index (χ0v) is 15.3. The van der Waals surface area contributed by atoms with E-state index in [0.717, 1.165) is 37.2 Å². The van der Waals surface area contributed by atoms with Crippen LogP contribution < -0.4 is 5.32 Å². The molecule has 0 aliphatic carbocycles. The van der Waals surface area contributed by atoms with Crippen molar-refractivity contribution in [3.05, 3.63) is 65.7 Å². The molecular weight excluding hydrogens is 310 g/mol. The first kappa shape index (κ1) is 17.5. The Balaban J connectivity index is 1.74. The van der Waals surface area contributed by atoms with E-state index in [0.29, 0.717) is 0 Å². The first-order valence-corrected chi connectivity index (χ1v) is 8.87. The topological polar surface area (TPSA) is 35.6 Å². The Morgan fingerprint density at radius 2 is 1.60 bits per heavy atom. The summed E-state index contributed by atoms with van der Waals surface area (Å²) in [6.07, 6.45) is 1.90. The second kappa shape index (κ2) is 7.28. The van der Waals surface area contributed by atoms with Crippen molar-refractivity contribution in [3.8, 4) is 0 Å². The molecule has 0 spiro atoms. The fraction of sp³-hybridized carbons (Fsp3) is 0.381. The summed E-state index contributed by atoms with van der Waals surface area (Å²) in [5, 5.41) is 3.08. The SMILES string of the molecule is CNc1ccc(C(=O)N2CCC(c3ccccc3)(N(C)C)CC2)cc1.